The van der Waals surface area contributed by atoms with E-state index in [1.807, 2.05) is 0 Å². The number of rotatable bonds is 3. The number of nitriles is 1. The standard InChI is InChI=1S/C14H8FN3O3/c15-11-3-2-10(5-9(11)6-16)18-13(19)8-1-4-12(14(20)21)17-7-8/h1-5,7H,(H,18,19)(H,20,21). The van der Waals surface area contributed by atoms with Crippen LogP contribution in [-0.4, -0.2) is 22.0 Å². The van der Waals surface area contributed by atoms with Crippen molar-refractivity contribution in [3.8, 4) is 6.07 Å². The molecular weight excluding hydrogens is 277 g/mol. The van der Waals surface area contributed by atoms with E-state index in [2.05, 4.69) is 10.3 Å². The second kappa shape index (κ2) is 5.79. The molecule has 0 radical (unpaired) electrons. The van der Waals surface area contributed by atoms with Gasteiger partial charge in [-0.15, -0.1) is 0 Å². The second-order valence-electron chi connectivity index (χ2n) is 4.00. The van der Waals surface area contributed by atoms with E-state index in [1.54, 1.807) is 6.07 Å². The zero-order valence-corrected chi connectivity index (χ0v) is 10.5. The first kappa shape index (κ1) is 14.1. The molecule has 1 amide bonds. The van der Waals surface area contributed by atoms with E-state index in [0.717, 1.165) is 12.3 Å². The fourth-order valence-corrected chi connectivity index (χ4v) is 1.55. The van der Waals surface area contributed by atoms with Gasteiger partial charge in [0.05, 0.1) is 11.1 Å². The highest BCUT2D eigenvalue weighted by Crippen LogP contribution is 2.15. The third-order valence-corrected chi connectivity index (χ3v) is 2.59. The Kier molecular flexibility index (Phi) is 3.90. The van der Waals surface area contributed by atoms with Crippen molar-refractivity contribution in [2.75, 3.05) is 5.32 Å². The van der Waals surface area contributed by atoms with Crippen LogP contribution in [0.1, 0.15) is 26.4 Å². The summed E-state index contributed by atoms with van der Waals surface area (Å²) in [4.78, 5) is 26.2. The van der Waals surface area contributed by atoms with Gasteiger partial charge < -0.3 is 10.4 Å². The summed E-state index contributed by atoms with van der Waals surface area (Å²) < 4.78 is 13.1. The number of nitrogens with zero attached hydrogens (tertiary/aromatic N) is 2. The number of aromatic nitrogens is 1. The summed E-state index contributed by atoms with van der Waals surface area (Å²) in [6, 6.07) is 7.75. The Hall–Kier alpha value is -3.27. The van der Waals surface area contributed by atoms with Gasteiger partial charge in [0.25, 0.3) is 5.91 Å². The van der Waals surface area contributed by atoms with E-state index in [4.69, 9.17) is 10.4 Å². The SMILES string of the molecule is N#Cc1cc(NC(=O)c2ccc(C(=O)O)nc2)ccc1F. The van der Waals surface area contributed by atoms with E-state index in [0.29, 0.717) is 0 Å². The molecule has 0 aliphatic carbocycles. The van der Waals surface area contributed by atoms with Crippen LogP contribution in [0.4, 0.5) is 10.1 Å². The van der Waals surface area contributed by atoms with Gasteiger partial charge in [-0.3, -0.25) is 4.79 Å². The molecule has 2 aromatic rings. The van der Waals surface area contributed by atoms with E-state index >= 15 is 0 Å². The third-order valence-electron chi connectivity index (χ3n) is 2.59. The highest BCUT2D eigenvalue weighted by Gasteiger charge is 2.10. The molecule has 0 unspecified atom stereocenters. The number of carbonyl (C=O) groups excluding carboxylic acids is 1. The van der Waals surface area contributed by atoms with Crippen LogP contribution in [0.2, 0.25) is 0 Å². The molecule has 0 aliphatic rings. The van der Waals surface area contributed by atoms with Crippen LogP contribution in [-0.2, 0) is 0 Å². The number of nitrogens with one attached hydrogen (secondary N) is 1. The first-order chi connectivity index (χ1) is 10.0. The summed E-state index contributed by atoms with van der Waals surface area (Å²) in [6.07, 6.45) is 1.12. The van der Waals surface area contributed by atoms with E-state index in [-0.39, 0.29) is 22.5 Å². The predicted molar refractivity (Wildman–Crippen MR) is 70.3 cm³/mol. The van der Waals surface area contributed by atoms with Gasteiger partial charge in [0.2, 0.25) is 0 Å². The van der Waals surface area contributed by atoms with Gasteiger partial charge in [-0.25, -0.2) is 14.2 Å². The van der Waals surface area contributed by atoms with Crippen molar-refractivity contribution in [3.05, 3.63) is 59.2 Å². The number of hydrogen-bond donors (Lipinski definition) is 2. The predicted octanol–water partition coefficient (Wildman–Crippen LogP) is 2.04. The molecule has 0 atom stereocenters. The molecule has 0 saturated heterocycles. The van der Waals surface area contributed by atoms with Gasteiger partial charge in [0.15, 0.2) is 0 Å². The number of carboxylic acid groups (broad SMARTS) is 1. The van der Waals surface area contributed by atoms with Crippen molar-refractivity contribution < 1.29 is 19.1 Å². The lowest BCUT2D eigenvalue weighted by molar-refractivity contribution is 0.0690. The van der Waals surface area contributed by atoms with Crippen molar-refractivity contribution >= 4 is 17.6 Å². The van der Waals surface area contributed by atoms with E-state index in [1.165, 1.54) is 24.3 Å². The third kappa shape index (κ3) is 3.19. The summed E-state index contributed by atoms with van der Waals surface area (Å²) in [5.74, 6) is -2.42. The fraction of sp³-hybridized carbons (Fsp3) is 0. The number of anilines is 1. The number of amides is 1. The molecule has 0 bridgehead atoms. The molecule has 1 aromatic heterocycles. The largest absolute Gasteiger partial charge is 0.477 e. The van der Waals surface area contributed by atoms with Gasteiger partial charge in [-0.2, -0.15) is 5.26 Å². The molecule has 1 heterocycles. The van der Waals surface area contributed by atoms with Gasteiger partial charge in [-0.05, 0) is 30.3 Å². The maximum Gasteiger partial charge on any atom is 0.354 e. The molecule has 2 rings (SSSR count). The molecule has 21 heavy (non-hydrogen) atoms. The molecular formula is C14H8FN3O3. The zero-order valence-electron chi connectivity index (χ0n) is 10.5. The summed E-state index contributed by atoms with van der Waals surface area (Å²) in [5, 5.41) is 19.9. The highest BCUT2D eigenvalue weighted by atomic mass is 19.1. The van der Waals surface area contributed by atoms with Crippen molar-refractivity contribution in [1.82, 2.24) is 4.98 Å². The molecule has 104 valence electrons. The average molecular weight is 285 g/mol. The highest BCUT2D eigenvalue weighted by molar-refractivity contribution is 6.04. The Morgan fingerprint density at radius 2 is 2.05 bits per heavy atom. The first-order valence-electron chi connectivity index (χ1n) is 5.71. The lowest BCUT2D eigenvalue weighted by Gasteiger charge is -2.06. The molecule has 0 spiro atoms. The van der Waals surface area contributed by atoms with Gasteiger partial charge in [0.1, 0.15) is 17.6 Å². The number of halogens is 1. The smallest absolute Gasteiger partial charge is 0.354 e. The van der Waals surface area contributed by atoms with Crippen molar-refractivity contribution in [1.29, 1.82) is 5.26 Å². The van der Waals surface area contributed by atoms with Crippen LogP contribution in [0.25, 0.3) is 0 Å². The molecule has 0 fully saturated rings. The number of carboxylic acids is 1. The van der Waals surface area contributed by atoms with Crippen LogP contribution in [0.5, 0.6) is 0 Å². The second-order valence-corrected chi connectivity index (χ2v) is 4.00. The van der Waals surface area contributed by atoms with E-state index in [9.17, 15) is 14.0 Å². The average Bonchev–Trinajstić information content (AvgIpc) is 2.49. The van der Waals surface area contributed by atoms with Gasteiger partial charge >= 0.3 is 5.97 Å². The normalized spacial score (nSPS) is 9.71. The lowest BCUT2D eigenvalue weighted by Crippen LogP contribution is -2.13. The number of hydrogen-bond acceptors (Lipinski definition) is 4. The van der Waals surface area contributed by atoms with Crippen LogP contribution < -0.4 is 5.32 Å². The summed E-state index contributed by atoms with van der Waals surface area (Å²) >= 11 is 0. The minimum absolute atomic E-state index is 0.142. The molecule has 1 aromatic carbocycles. The summed E-state index contributed by atoms with van der Waals surface area (Å²) in [6.45, 7) is 0. The maximum absolute atomic E-state index is 13.1. The molecule has 0 saturated carbocycles. The Bertz CT molecular complexity index is 751. The number of benzene rings is 1. The summed E-state index contributed by atoms with van der Waals surface area (Å²) in [5.41, 5.74) is 0.0235. The monoisotopic (exact) mass is 285 g/mol. The molecule has 2 N–H and O–H groups in total. The number of aromatic carboxylic acids is 1. The Balaban J connectivity index is 2.18. The van der Waals surface area contributed by atoms with Crippen molar-refractivity contribution in [2.45, 2.75) is 0 Å². The first-order valence-corrected chi connectivity index (χ1v) is 5.71. The van der Waals surface area contributed by atoms with Gasteiger partial charge in [0, 0.05) is 11.9 Å². The zero-order chi connectivity index (χ0) is 15.4. The Labute approximate surface area is 118 Å². The Morgan fingerprint density at radius 1 is 1.29 bits per heavy atom. The molecule has 7 heteroatoms. The summed E-state index contributed by atoms with van der Waals surface area (Å²) in [7, 11) is 0. The fourth-order valence-electron chi connectivity index (χ4n) is 1.55. The van der Waals surface area contributed by atoms with Crippen LogP contribution in [0.3, 0.4) is 0 Å². The topological polar surface area (TPSA) is 103 Å². The quantitative estimate of drug-likeness (QED) is 0.898. The molecule has 6 nitrogen and oxygen atoms in total. The van der Waals surface area contributed by atoms with Crippen molar-refractivity contribution in [3.63, 3.8) is 0 Å². The maximum atomic E-state index is 13.1. The number of carbonyl (C=O) groups is 2. The van der Waals surface area contributed by atoms with Crippen molar-refractivity contribution in [2.24, 2.45) is 0 Å². The number of pyridine rings is 1. The van der Waals surface area contributed by atoms with Gasteiger partial charge in [-0.1, -0.05) is 0 Å². The van der Waals surface area contributed by atoms with Crippen LogP contribution >= 0.6 is 0 Å². The minimum Gasteiger partial charge on any atom is -0.477 e. The van der Waals surface area contributed by atoms with E-state index < -0.39 is 17.7 Å². The minimum atomic E-state index is -1.20. The Morgan fingerprint density at radius 3 is 2.62 bits per heavy atom. The lowest BCUT2D eigenvalue weighted by atomic mass is 10.2. The van der Waals surface area contributed by atoms with Crippen LogP contribution in [0, 0.1) is 17.1 Å². The van der Waals surface area contributed by atoms with Crippen LogP contribution in [0.15, 0.2) is 36.5 Å². The molecule has 0 aliphatic heterocycles.